The Morgan fingerprint density at radius 3 is 2.76 bits per heavy atom. The van der Waals surface area contributed by atoms with Crippen molar-refractivity contribution in [1.29, 1.82) is 0 Å². The first-order valence-corrected chi connectivity index (χ1v) is 5.50. The molecule has 17 heavy (non-hydrogen) atoms. The fourth-order valence-corrected chi connectivity index (χ4v) is 1.90. The Hall–Kier alpha value is -1.75. The zero-order chi connectivity index (χ0) is 12.4. The predicted molar refractivity (Wildman–Crippen MR) is 61.9 cm³/mol. The second-order valence-electron chi connectivity index (χ2n) is 3.88. The highest BCUT2D eigenvalue weighted by atomic mass is 35.5. The lowest BCUT2D eigenvalue weighted by atomic mass is 10.1. The number of amides is 1. The quantitative estimate of drug-likeness (QED) is 0.714. The maximum Gasteiger partial charge on any atom is 0.310 e. The maximum absolute atomic E-state index is 11.7. The number of hydrogen-bond acceptors (Lipinski definition) is 2. The van der Waals surface area contributed by atoms with E-state index in [-0.39, 0.29) is 11.9 Å². The molecule has 1 aromatic rings. The maximum atomic E-state index is 11.7. The highest BCUT2D eigenvalue weighted by Crippen LogP contribution is 2.18. The van der Waals surface area contributed by atoms with Gasteiger partial charge >= 0.3 is 5.97 Å². The predicted octanol–water partition coefficient (Wildman–Crippen LogP) is 1.43. The molecular weight excluding hydrogens is 244 g/mol. The van der Waals surface area contributed by atoms with Crippen molar-refractivity contribution in [2.45, 2.75) is 12.5 Å². The van der Waals surface area contributed by atoms with E-state index >= 15 is 0 Å². The third-order valence-electron chi connectivity index (χ3n) is 2.61. The van der Waals surface area contributed by atoms with Crippen molar-refractivity contribution >= 4 is 23.5 Å². The summed E-state index contributed by atoms with van der Waals surface area (Å²) in [5.41, 5.74) is 0.363. The number of halogens is 1. The van der Waals surface area contributed by atoms with Crippen molar-refractivity contribution in [1.82, 2.24) is 10.3 Å². The van der Waals surface area contributed by atoms with Gasteiger partial charge in [-0.25, -0.2) is 0 Å². The van der Waals surface area contributed by atoms with E-state index in [0.29, 0.717) is 17.1 Å². The van der Waals surface area contributed by atoms with E-state index in [1.807, 2.05) is 0 Å². The van der Waals surface area contributed by atoms with Crippen LogP contribution in [0.3, 0.4) is 0 Å². The minimum Gasteiger partial charge on any atom is -0.481 e. The lowest BCUT2D eigenvalue weighted by molar-refractivity contribution is -0.140. The van der Waals surface area contributed by atoms with E-state index in [9.17, 15) is 9.59 Å². The molecule has 5 nitrogen and oxygen atoms in total. The third-order valence-corrected chi connectivity index (χ3v) is 2.83. The van der Waals surface area contributed by atoms with Crippen LogP contribution in [0.2, 0.25) is 5.02 Å². The highest BCUT2D eigenvalue weighted by molar-refractivity contribution is 6.30. The molecule has 0 spiro atoms. The number of aromatic nitrogens is 1. The molecule has 1 aliphatic rings. The summed E-state index contributed by atoms with van der Waals surface area (Å²) in [5.74, 6) is -1.69. The summed E-state index contributed by atoms with van der Waals surface area (Å²) in [6.45, 7) is 0. The lowest BCUT2D eigenvalue weighted by Gasteiger charge is -2.11. The highest BCUT2D eigenvalue weighted by Gasteiger charge is 2.25. The summed E-state index contributed by atoms with van der Waals surface area (Å²) in [4.78, 5) is 25.2. The minimum atomic E-state index is -0.874. The van der Waals surface area contributed by atoms with Gasteiger partial charge in [-0.3, -0.25) is 9.59 Å². The van der Waals surface area contributed by atoms with Gasteiger partial charge in [-0.1, -0.05) is 23.8 Å². The number of carbonyl (C=O) groups excluding carboxylic acids is 1. The molecule has 2 atom stereocenters. The molecule has 1 aromatic heterocycles. The van der Waals surface area contributed by atoms with Crippen molar-refractivity contribution in [3.05, 3.63) is 35.1 Å². The van der Waals surface area contributed by atoms with Crippen LogP contribution in [-0.2, 0) is 4.79 Å². The third kappa shape index (κ3) is 2.68. The molecule has 0 saturated heterocycles. The van der Waals surface area contributed by atoms with Gasteiger partial charge in [-0.2, -0.15) is 0 Å². The van der Waals surface area contributed by atoms with Crippen LogP contribution in [0.4, 0.5) is 0 Å². The molecule has 0 aromatic carbocycles. The van der Waals surface area contributed by atoms with Gasteiger partial charge in [0.05, 0.1) is 10.9 Å². The van der Waals surface area contributed by atoms with Crippen molar-refractivity contribution < 1.29 is 14.7 Å². The normalized spacial score (nSPS) is 22.6. The molecule has 2 unspecified atom stereocenters. The Labute approximate surface area is 102 Å². The van der Waals surface area contributed by atoms with Crippen LogP contribution < -0.4 is 5.32 Å². The minimum absolute atomic E-state index is 0.245. The van der Waals surface area contributed by atoms with Crippen LogP contribution in [0.25, 0.3) is 0 Å². The number of nitrogens with one attached hydrogen (secondary N) is 2. The van der Waals surface area contributed by atoms with Crippen molar-refractivity contribution in [2.24, 2.45) is 5.92 Å². The van der Waals surface area contributed by atoms with E-state index in [4.69, 9.17) is 16.7 Å². The van der Waals surface area contributed by atoms with E-state index in [2.05, 4.69) is 10.3 Å². The number of carboxylic acids is 1. The van der Waals surface area contributed by atoms with E-state index in [1.165, 1.54) is 12.3 Å². The molecular formula is C11H11ClN2O3. The topological polar surface area (TPSA) is 82.2 Å². The van der Waals surface area contributed by atoms with Crippen LogP contribution in [-0.4, -0.2) is 28.0 Å². The number of carboxylic acid groups (broad SMARTS) is 1. The summed E-state index contributed by atoms with van der Waals surface area (Å²) in [5, 5.41) is 12.0. The monoisotopic (exact) mass is 254 g/mol. The van der Waals surface area contributed by atoms with Crippen LogP contribution in [0.5, 0.6) is 0 Å². The number of H-pyrrole nitrogens is 1. The summed E-state index contributed by atoms with van der Waals surface area (Å²) in [7, 11) is 0. The zero-order valence-electron chi connectivity index (χ0n) is 8.81. The van der Waals surface area contributed by atoms with Gasteiger partial charge in [-0.05, 0) is 12.5 Å². The van der Waals surface area contributed by atoms with Crippen LogP contribution >= 0.6 is 11.6 Å². The molecule has 0 bridgehead atoms. The van der Waals surface area contributed by atoms with Crippen LogP contribution in [0.15, 0.2) is 24.4 Å². The van der Waals surface area contributed by atoms with Crippen LogP contribution in [0, 0.1) is 5.92 Å². The molecule has 90 valence electrons. The van der Waals surface area contributed by atoms with Crippen LogP contribution in [0.1, 0.15) is 16.9 Å². The average molecular weight is 255 g/mol. The standard InChI is InChI=1S/C11H11ClN2O3/c12-7-4-9(13-5-7)10(15)14-8-2-1-6(3-8)11(16)17/h1-2,4-6,8,13H,3H2,(H,14,15)(H,16,17). The Bertz CT molecular complexity index is 481. The summed E-state index contributed by atoms with van der Waals surface area (Å²) in [6, 6.07) is 1.27. The first-order chi connectivity index (χ1) is 8.06. The molecule has 0 aliphatic heterocycles. The van der Waals surface area contributed by atoms with Crippen molar-refractivity contribution in [2.75, 3.05) is 0 Å². The smallest absolute Gasteiger partial charge is 0.310 e. The van der Waals surface area contributed by atoms with E-state index < -0.39 is 11.9 Å². The van der Waals surface area contributed by atoms with Crippen molar-refractivity contribution in [3.63, 3.8) is 0 Å². The lowest BCUT2D eigenvalue weighted by Crippen LogP contribution is -2.33. The molecule has 3 N–H and O–H groups in total. The molecule has 6 heteroatoms. The molecule has 1 amide bonds. The van der Waals surface area contributed by atoms with Crippen molar-refractivity contribution in [3.8, 4) is 0 Å². The number of aromatic amines is 1. The van der Waals surface area contributed by atoms with Gasteiger partial charge in [0.25, 0.3) is 5.91 Å². The van der Waals surface area contributed by atoms with Gasteiger partial charge < -0.3 is 15.4 Å². The number of hydrogen-bond donors (Lipinski definition) is 3. The largest absolute Gasteiger partial charge is 0.481 e. The second kappa shape index (κ2) is 4.63. The van der Waals surface area contributed by atoms with Gasteiger partial charge in [0.2, 0.25) is 0 Å². The average Bonchev–Trinajstić information content (AvgIpc) is 2.86. The second-order valence-corrected chi connectivity index (χ2v) is 4.31. The molecule has 2 rings (SSSR count). The molecule has 0 fully saturated rings. The van der Waals surface area contributed by atoms with Gasteiger partial charge in [-0.15, -0.1) is 0 Å². The Balaban J connectivity index is 1.93. The number of rotatable bonds is 3. The first kappa shape index (κ1) is 11.7. The van der Waals surface area contributed by atoms with Gasteiger partial charge in [0.15, 0.2) is 0 Å². The number of aliphatic carboxylic acids is 1. The van der Waals surface area contributed by atoms with Gasteiger partial charge in [0.1, 0.15) is 5.69 Å². The fourth-order valence-electron chi connectivity index (χ4n) is 1.73. The molecule has 0 radical (unpaired) electrons. The summed E-state index contributed by atoms with van der Waals surface area (Å²) in [6.07, 6.45) is 5.19. The van der Waals surface area contributed by atoms with E-state index in [0.717, 1.165) is 0 Å². The molecule has 1 heterocycles. The SMILES string of the molecule is O=C(NC1C=CC(C(=O)O)C1)c1cc(Cl)c[nH]1. The molecule has 0 saturated carbocycles. The number of carbonyl (C=O) groups is 2. The summed E-state index contributed by atoms with van der Waals surface area (Å²) >= 11 is 5.68. The first-order valence-electron chi connectivity index (χ1n) is 5.12. The van der Waals surface area contributed by atoms with E-state index in [1.54, 1.807) is 12.2 Å². The molecule has 1 aliphatic carbocycles. The fraction of sp³-hybridized carbons (Fsp3) is 0.273. The van der Waals surface area contributed by atoms with Gasteiger partial charge in [0, 0.05) is 12.2 Å². The summed E-state index contributed by atoms with van der Waals surface area (Å²) < 4.78 is 0. The zero-order valence-corrected chi connectivity index (χ0v) is 9.57. The Morgan fingerprint density at radius 2 is 2.24 bits per heavy atom. The Kier molecular flexibility index (Phi) is 3.19. The Morgan fingerprint density at radius 1 is 1.47 bits per heavy atom.